The first-order valence-electron chi connectivity index (χ1n) is 9.96. The number of benzene rings is 3. The van der Waals surface area contributed by atoms with Crippen molar-refractivity contribution in [2.24, 2.45) is 0 Å². The van der Waals surface area contributed by atoms with Crippen molar-refractivity contribution < 1.29 is 9.53 Å². The lowest BCUT2D eigenvalue weighted by atomic mass is 9.98. The van der Waals surface area contributed by atoms with Gasteiger partial charge in [-0.1, -0.05) is 54.6 Å². The van der Waals surface area contributed by atoms with Gasteiger partial charge in [-0.25, -0.2) is 0 Å². The van der Waals surface area contributed by atoms with Gasteiger partial charge in [-0.3, -0.25) is 4.79 Å². The SMILES string of the molecule is COc1ccc(C(NC(=O)Cc2ccc(-n3nnnc3C)cc2)c2ccccc2)cc1. The summed E-state index contributed by atoms with van der Waals surface area (Å²) in [7, 11) is 1.64. The summed E-state index contributed by atoms with van der Waals surface area (Å²) >= 11 is 0. The molecule has 0 aliphatic carbocycles. The number of hydrogen-bond acceptors (Lipinski definition) is 5. The van der Waals surface area contributed by atoms with Gasteiger partial charge in [0.1, 0.15) is 5.75 Å². The van der Waals surface area contributed by atoms with E-state index < -0.39 is 0 Å². The Balaban J connectivity index is 1.50. The van der Waals surface area contributed by atoms with Crippen LogP contribution in [0.4, 0.5) is 0 Å². The molecule has 0 saturated carbocycles. The number of hydrogen-bond donors (Lipinski definition) is 1. The van der Waals surface area contributed by atoms with E-state index in [4.69, 9.17) is 4.74 Å². The van der Waals surface area contributed by atoms with Crippen molar-refractivity contribution in [3.63, 3.8) is 0 Å². The summed E-state index contributed by atoms with van der Waals surface area (Å²) in [5.41, 5.74) is 3.77. The van der Waals surface area contributed by atoms with E-state index in [9.17, 15) is 4.79 Å². The quantitative estimate of drug-likeness (QED) is 0.502. The molecule has 1 amide bonds. The molecule has 0 saturated heterocycles. The van der Waals surface area contributed by atoms with Gasteiger partial charge >= 0.3 is 0 Å². The fourth-order valence-electron chi connectivity index (χ4n) is 3.42. The lowest BCUT2D eigenvalue weighted by Crippen LogP contribution is -2.30. The number of nitrogens with one attached hydrogen (secondary N) is 1. The van der Waals surface area contributed by atoms with Crippen LogP contribution in [0.5, 0.6) is 5.75 Å². The third kappa shape index (κ3) is 4.78. The highest BCUT2D eigenvalue weighted by Crippen LogP contribution is 2.24. The van der Waals surface area contributed by atoms with Crippen molar-refractivity contribution in [2.45, 2.75) is 19.4 Å². The molecular weight excluding hydrogens is 390 g/mol. The van der Waals surface area contributed by atoms with Crippen molar-refractivity contribution in [1.82, 2.24) is 25.5 Å². The van der Waals surface area contributed by atoms with E-state index in [2.05, 4.69) is 20.8 Å². The van der Waals surface area contributed by atoms with E-state index in [1.807, 2.05) is 85.8 Å². The molecule has 0 aliphatic heterocycles. The Hall–Kier alpha value is -4.00. The van der Waals surface area contributed by atoms with Gasteiger partial charge in [0.05, 0.1) is 25.3 Å². The number of aryl methyl sites for hydroxylation is 1. The number of amides is 1. The molecule has 1 atom stereocenters. The highest BCUT2D eigenvalue weighted by Gasteiger charge is 2.17. The predicted molar refractivity (Wildman–Crippen MR) is 117 cm³/mol. The molecule has 1 heterocycles. The molecule has 7 heteroatoms. The van der Waals surface area contributed by atoms with Crippen LogP contribution in [0, 0.1) is 6.92 Å². The van der Waals surface area contributed by atoms with Crippen LogP contribution >= 0.6 is 0 Å². The first kappa shape index (κ1) is 20.3. The molecule has 0 bridgehead atoms. The number of tetrazole rings is 1. The third-order valence-corrected chi connectivity index (χ3v) is 5.06. The molecule has 0 fully saturated rings. The fourth-order valence-corrected chi connectivity index (χ4v) is 3.42. The van der Waals surface area contributed by atoms with Gasteiger partial charge in [0.15, 0.2) is 5.82 Å². The topological polar surface area (TPSA) is 81.9 Å². The van der Waals surface area contributed by atoms with Crippen LogP contribution in [0.1, 0.15) is 28.6 Å². The lowest BCUT2D eigenvalue weighted by Gasteiger charge is -2.20. The minimum atomic E-state index is -0.247. The monoisotopic (exact) mass is 413 g/mol. The molecule has 1 unspecified atom stereocenters. The van der Waals surface area contributed by atoms with Gasteiger partial charge in [0, 0.05) is 0 Å². The molecule has 156 valence electrons. The lowest BCUT2D eigenvalue weighted by molar-refractivity contribution is -0.120. The smallest absolute Gasteiger partial charge is 0.225 e. The average Bonchev–Trinajstić information content (AvgIpc) is 3.24. The van der Waals surface area contributed by atoms with Crippen molar-refractivity contribution in [1.29, 1.82) is 0 Å². The molecule has 4 rings (SSSR count). The Morgan fingerprint density at radius 2 is 1.65 bits per heavy atom. The minimum absolute atomic E-state index is 0.0592. The molecule has 31 heavy (non-hydrogen) atoms. The van der Waals surface area contributed by atoms with E-state index >= 15 is 0 Å². The van der Waals surface area contributed by atoms with Crippen molar-refractivity contribution in [3.05, 3.63) is 101 Å². The van der Waals surface area contributed by atoms with Crippen LogP contribution in [0.15, 0.2) is 78.9 Å². The Kier molecular flexibility index (Phi) is 6.03. The first-order valence-corrected chi connectivity index (χ1v) is 9.96. The van der Waals surface area contributed by atoms with Gasteiger partial charge in [0.2, 0.25) is 5.91 Å². The van der Waals surface area contributed by atoms with Crippen LogP contribution in [-0.2, 0) is 11.2 Å². The highest BCUT2D eigenvalue weighted by molar-refractivity contribution is 5.79. The summed E-state index contributed by atoms with van der Waals surface area (Å²) in [6, 6.07) is 25.1. The Bertz CT molecular complexity index is 1140. The van der Waals surface area contributed by atoms with E-state index in [1.54, 1.807) is 11.8 Å². The third-order valence-electron chi connectivity index (χ3n) is 5.06. The number of ether oxygens (including phenoxy) is 1. The van der Waals surface area contributed by atoms with Gasteiger partial charge in [-0.05, 0) is 58.3 Å². The minimum Gasteiger partial charge on any atom is -0.497 e. The van der Waals surface area contributed by atoms with Crippen LogP contribution in [-0.4, -0.2) is 33.2 Å². The maximum atomic E-state index is 12.9. The number of nitrogens with zero attached hydrogens (tertiary/aromatic N) is 4. The number of methoxy groups -OCH3 is 1. The molecule has 3 aromatic carbocycles. The second-order valence-electron chi connectivity index (χ2n) is 7.17. The second kappa shape index (κ2) is 9.21. The Morgan fingerprint density at radius 1 is 0.968 bits per heavy atom. The fraction of sp³-hybridized carbons (Fsp3) is 0.167. The van der Waals surface area contributed by atoms with Crippen LogP contribution in [0.2, 0.25) is 0 Å². The normalized spacial score (nSPS) is 11.7. The summed E-state index contributed by atoms with van der Waals surface area (Å²) in [4.78, 5) is 12.9. The predicted octanol–water partition coefficient (Wildman–Crippen LogP) is 3.43. The maximum absolute atomic E-state index is 12.9. The van der Waals surface area contributed by atoms with Gasteiger partial charge in [-0.2, -0.15) is 4.68 Å². The zero-order valence-electron chi connectivity index (χ0n) is 17.4. The Morgan fingerprint density at radius 3 is 2.26 bits per heavy atom. The van der Waals surface area contributed by atoms with Crippen molar-refractivity contribution in [3.8, 4) is 11.4 Å². The number of rotatable bonds is 7. The van der Waals surface area contributed by atoms with Gasteiger partial charge in [0.25, 0.3) is 0 Å². The van der Waals surface area contributed by atoms with Crippen molar-refractivity contribution in [2.75, 3.05) is 7.11 Å². The summed E-state index contributed by atoms with van der Waals surface area (Å²) in [6.07, 6.45) is 0.272. The Labute approximate surface area is 180 Å². The molecule has 1 aromatic heterocycles. The molecule has 7 nitrogen and oxygen atoms in total. The number of carbonyl (C=O) groups excluding carboxylic acids is 1. The average molecular weight is 413 g/mol. The second-order valence-corrected chi connectivity index (χ2v) is 7.17. The summed E-state index contributed by atoms with van der Waals surface area (Å²) in [5, 5.41) is 14.7. The van der Waals surface area contributed by atoms with E-state index in [1.165, 1.54) is 0 Å². The van der Waals surface area contributed by atoms with Crippen LogP contribution < -0.4 is 10.1 Å². The molecular formula is C24H23N5O2. The summed E-state index contributed by atoms with van der Waals surface area (Å²) in [5.74, 6) is 1.42. The summed E-state index contributed by atoms with van der Waals surface area (Å²) in [6.45, 7) is 1.84. The standard InChI is InChI=1S/C24H23N5O2/c1-17-26-27-28-29(17)21-12-8-18(9-13-21)16-23(30)25-24(19-6-4-3-5-7-19)20-10-14-22(31-2)15-11-20/h3-15,24H,16H2,1-2H3,(H,25,30). The summed E-state index contributed by atoms with van der Waals surface area (Å²) < 4.78 is 6.91. The maximum Gasteiger partial charge on any atom is 0.225 e. The number of carbonyl (C=O) groups is 1. The number of aromatic nitrogens is 4. The van der Waals surface area contributed by atoms with Gasteiger partial charge < -0.3 is 10.1 Å². The van der Waals surface area contributed by atoms with E-state index in [0.717, 1.165) is 28.1 Å². The first-order chi connectivity index (χ1) is 15.1. The molecule has 1 N–H and O–H groups in total. The van der Waals surface area contributed by atoms with Crippen molar-refractivity contribution >= 4 is 5.91 Å². The van der Waals surface area contributed by atoms with Crippen LogP contribution in [0.3, 0.4) is 0 Å². The van der Waals surface area contributed by atoms with Crippen LogP contribution in [0.25, 0.3) is 5.69 Å². The molecule has 0 radical (unpaired) electrons. The molecule has 4 aromatic rings. The van der Waals surface area contributed by atoms with Gasteiger partial charge in [-0.15, -0.1) is 5.10 Å². The zero-order chi connectivity index (χ0) is 21.6. The zero-order valence-corrected chi connectivity index (χ0v) is 17.4. The van der Waals surface area contributed by atoms with E-state index in [0.29, 0.717) is 5.82 Å². The molecule has 0 spiro atoms. The van der Waals surface area contributed by atoms with E-state index in [-0.39, 0.29) is 18.4 Å². The largest absolute Gasteiger partial charge is 0.497 e. The molecule has 0 aliphatic rings. The highest BCUT2D eigenvalue weighted by atomic mass is 16.5.